The molecule has 4 N–H and O–H groups in total. The summed E-state index contributed by atoms with van der Waals surface area (Å²) in [5.41, 5.74) is 2.19. The molecule has 0 spiro atoms. The molecule has 2 heterocycles. The molecule has 166 valence electrons. The van der Waals surface area contributed by atoms with E-state index in [2.05, 4.69) is 15.3 Å². The molecule has 2 aromatic rings. The number of nitrogens with two attached hydrogens (primary N) is 1. The summed E-state index contributed by atoms with van der Waals surface area (Å²) in [6, 6.07) is 5.41. The molecular weight excluding hydrogens is 424 g/mol. The predicted molar refractivity (Wildman–Crippen MR) is 102 cm³/mol. The minimum Gasteiger partial charge on any atom is -0.483 e. The second kappa shape index (κ2) is 9.51. The summed E-state index contributed by atoms with van der Waals surface area (Å²) in [6.45, 7) is -0.554. The van der Waals surface area contributed by atoms with Crippen LogP contribution in [0.3, 0.4) is 0 Å². The van der Waals surface area contributed by atoms with Crippen LogP contribution in [0, 0.1) is 11.6 Å². The Bertz CT molecular complexity index is 1000. The minimum absolute atomic E-state index is 0.0394. The number of rotatable bonds is 3. The molecule has 12 heteroatoms. The second-order valence-electron chi connectivity index (χ2n) is 6.46. The Balaban J connectivity index is 0.00000107. The number of nitrogens with one attached hydrogen (secondary N) is 1. The number of carbonyl (C=O) groups excluding carboxylic acids is 1. The number of benzene rings is 1. The topological polar surface area (TPSA) is 127 Å². The van der Waals surface area contributed by atoms with E-state index in [-0.39, 0.29) is 24.6 Å². The van der Waals surface area contributed by atoms with Crippen LogP contribution in [0.5, 0.6) is 0 Å². The maximum absolute atomic E-state index is 14.7. The first-order valence-electron chi connectivity index (χ1n) is 8.65. The number of hydrogen-bond acceptors (Lipinski definition) is 6. The van der Waals surface area contributed by atoms with Crippen molar-refractivity contribution in [3.05, 3.63) is 59.4 Å². The van der Waals surface area contributed by atoms with Gasteiger partial charge in [0.1, 0.15) is 24.9 Å². The first-order valence-corrected chi connectivity index (χ1v) is 8.65. The molecule has 1 aromatic heterocycles. The van der Waals surface area contributed by atoms with Crippen molar-refractivity contribution in [3.8, 4) is 0 Å². The number of carboxylic acid groups (broad SMARTS) is 1. The average molecular weight is 442 g/mol. The molecular formula is C19H18F4N4O4. The number of carbonyl (C=O) groups is 2. The highest BCUT2D eigenvalue weighted by Crippen LogP contribution is 2.44. The summed E-state index contributed by atoms with van der Waals surface area (Å²) in [7, 11) is 0. The average Bonchev–Trinajstić information content (AvgIpc) is 2.79. The van der Waals surface area contributed by atoms with Crippen LogP contribution in [0.15, 0.2) is 41.5 Å². The van der Waals surface area contributed by atoms with Crippen molar-refractivity contribution in [1.29, 1.82) is 0 Å². The third-order valence-electron chi connectivity index (χ3n) is 4.33. The molecule has 0 radical (unpaired) electrons. The SMILES string of the molecule is CC1(c2cc(NC(=O)c3ncccc3F)ccc2F)N=C(N)COCC1(F)F.O=CO. The van der Waals surface area contributed by atoms with Gasteiger partial charge in [-0.15, -0.1) is 0 Å². The molecule has 31 heavy (non-hydrogen) atoms. The fraction of sp³-hybridized carbons (Fsp3) is 0.263. The van der Waals surface area contributed by atoms with Gasteiger partial charge in [-0.3, -0.25) is 14.6 Å². The summed E-state index contributed by atoms with van der Waals surface area (Å²) in [5, 5.41) is 9.20. The lowest BCUT2D eigenvalue weighted by Crippen LogP contribution is -2.45. The van der Waals surface area contributed by atoms with Crippen LogP contribution in [-0.2, 0) is 15.1 Å². The van der Waals surface area contributed by atoms with Gasteiger partial charge in [-0.25, -0.2) is 22.5 Å². The first kappa shape index (κ1) is 23.7. The number of hydrogen-bond donors (Lipinski definition) is 3. The Morgan fingerprint density at radius 3 is 2.61 bits per heavy atom. The zero-order chi connectivity index (χ0) is 23.2. The number of nitrogens with zero attached hydrogens (tertiary/aromatic N) is 2. The Kier molecular flexibility index (Phi) is 7.28. The lowest BCUT2D eigenvalue weighted by Gasteiger charge is -2.33. The molecule has 3 rings (SSSR count). The van der Waals surface area contributed by atoms with Crippen LogP contribution in [0.2, 0.25) is 0 Å². The number of pyridine rings is 1. The Morgan fingerprint density at radius 1 is 1.29 bits per heavy atom. The van der Waals surface area contributed by atoms with Crippen LogP contribution in [0.25, 0.3) is 0 Å². The molecule has 1 amide bonds. The van der Waals surface area contributed by atoms with Gasteiger partial charge in [0.2, 0.25) is 0 Å². The zero-order valence-corrected chi connectivity index (χ0v) is 16.1. The van der Waals surface area contributed by atoms with Gasteiger partial charge in [0.15, 0.2) is 17.1 Å². The standard InChI is InChI=1S/C18H16F4N4O2.CH2O2/c1-17(18(21,22)9-28-8-14(23)26-17)11-7-10(4-5-12(11)19)25-16(27)15-13(20)3-2-6-24-15;2-1-3/h2-7H,8-9H2,1H3,(H2,23,26)(H,25,27);1H,(H,2,3). The number of alkyl halides is 2. The van der Waals surface area contributed by atoms with Gasteiger partial charge in [0.25, 0.3) is 18.3 Å². The summed E-state index contributed by atoms with van der Waals surface area (Å²) >= 11 is 0. The molecule has 1 atom stereocenters. The van der Waals surface area contributed by atoms with Crippen LogP contribution in [0.1, 0.15) is 23.0 Å². The van der Waals surface area contributed by atoms with Crippen molar-refractivity contribution in [1.82, 2.24) is 4.98 Å². The van der Waals surface area contributed by atoms with Gasteiger partial charge < -0.3 is 20.9 Å². The van der Waals surface area contributed by atoms with Gasteiger partial charge in [-0.1, -0.05) is 0 Å². The van der Waals surface area contributed by atoms with Crippen molar-refractivity contribution < 1.29 is 37.0 Å². The molecule has 0 saturated carbocycles. The van der Waals surface area contributed by atoms with Crippen molar-refractivity contribution in [2.75, 3.05) is 18.5 Å². The van der Waals surface area contributed by atoms with Crippen molar-refractivity contribution >= 4 is 23.9 Å². The van der Waals surface area contributed by atoms with E-state index in [9.17, 15) is 22.4 Å². The highest BCUT2D eigenvalue weighted by molar-refractivity contribution is 6.03. The molecule has 0 bridgehead atoms. The van der Waals surface area contributed by atoms with Gasteiger partial charge in [0, 0.05) is 17.4 Å². The molecule has 1 unspecified atom stereocenters. The fourth-order valence-corrected chi connectivity index (χ4v) is 2.80. The highest BCUT2D eigenvalue weighted by Gasteiger charge is 2.54. The summed E-state index contributed by atoms with van der Waals surface area (Å²) in [4.78, 5) is 28.0. The zero-order valence-electron chi connectivity index (χ0n) is 16.1. The fourth-order valence-electron chi connectivity index (χ4n) is 2.80. The van der Waals surface area contributed by atoms with Crippen molar-refractivity contribution in [3.63, 3.8) is 0 Å². The molecule has 0 aliphatic carbocycles. The minimum atomic E-state index is -3.58. The number of ether oxygens (including phenoxy) is 1. The smallest absolute Gasteiger partial charge is 0.299 e. The highest BCUT2D eigenvalue weighted by atomic mass is 19.3. The monoisotopic (exact) mass is 442 g/mol. The quantitative estimate of drug-likeness (QED) is 0.495. The van der Waals surface area contributed by atoms with E-state index in [1.54, 1.807) is 0 Å². The number of halogens is 4. The van der Waals surface area contributed by atoms with E-state index >= 15 is 0 Å². The molecule has 1 aliphatic rings. The lowest BCUT2D eigenvalue weighted by atomic mass is 9.85. The molecule has 8 nitrogen and oxygen atoms in total. The molecule has 1 aromatic carbocycles. The summed E-state index contributed by atoms with van der Waals surface area (Å²) in [5.74, 6) is -6.55. The van der Waals surface area contributed by atoms with E-state index < -0.39 is 46.9 Å². The van der Waals surface area contributed by atoms with E-state index in [4.69, 9.17) is 20.4 Å². The second-order valence-corrected chi connectivity index (χ2v) is 6.46. The number of amidine groups is 1. The van der Waals surface area contributed by atoms with Gasteiger partial charge in [-0.05, 0) is 37.3 Å². The molecule has 1 aliphatic heterocycles. The van der Waals surface area contributed by atoms with E-state index in [0.717, 1.165) is 31.2 Å². The normalized spacial score (nSPS) is 19.8. The van der Waals surface area contributed by atoms with Gasteiger partial charge >= 0.3 is 0 Å². The number of anilines is 1. The number of aliphatic imine (C=N–C) groups is 1. The third-order valence-corrected chi connectivity index (χ3v) is 4.33. The van der Waals surface area contributed by atoms with Gasteiger partial charge in [0.05, 0.1) is 0 Å². The Morgan fingerprint density at radius 2 is 1.97 bits per heavy atom. The lowest BCUT2D eigenvalue weighted by molar-refractivity contribution is -0.122. The Hall–Kier alpha value is -3.54. The maximum Gasteiger partial charge on any atom is 0.299 e. The van der Waals surface area contributed by atoms with Crippen LogP contribution in [0.4, 0.5) is 23.2 Å². The summed E-state index contributed by atoms with van der Waals surface area (Å²) < 4.78 is 62.3. The third kappa shape index (κ3) is 5.15. The van der Waals surface area contributed by atoms with Crippen molar-refractivity contribution in [2.45, 2.75) is 18.4 Å². The largest absolute Gasteiger partial charge is 0.483 e. The number of amides is 1. The van der Waals surface area contributed by atoms with E-state index in [1.807, 2.05) is 0 Å². The van der Waals surface area contributed by atoms with Crippen LogP contribution < -0.4 is 11.1 Å². The van der Waals surface area contributed by atoms with Gasteiger partial charge in [-0.2, -0.15) is 0 Å². The van der Waals surface area contributed by atoms with Crippen LogP contribution >= 0.6 is 0 Å². The van der Waals surface area contributed by atoms with Crippen molar-refractivity contribution in [2.24, 2.45) is 10.7 Å². The maximum atomic E-state index is 14.7. The predicted octanol–water partition coefficient (Wildman–Crippen LogP) is 2.55. The molecule has 0 fully saturated rings. The summed E-state index contributed by atoms with van der Waals surface area (Å²) in [6.07, 6.45) is 1.22. The van der Waals surface area contributed by atoms with Crippen LogP contribution in [-0.4, -0.2) is 47.4 Å². The molecule has 0 saturated heterocycles. The van der Waals surface area contributed by atoms with E-state index in [0.29, 0.717) is 0 Å². The van der Waals surface area contributed by atoms with E-state index in [1.165, 1.54) is 12.3 Å². The Labute approximate surface area is 173 Å². The number of aromatic nitrogens is 1. The first-order chi connectivity index (χ1) is 14.6.